The number of hydrogen-bond donors (Lipinski definition) is 0. The van der Waals surface area contributed by atoms with E-state index in [0.717, 1.165) is 29.4 Å². The summed E-state index contributed by atoms with van der Waals surface area (Å²) in [5.74, 6) is -0.0767. The van der Waals surface area contributed by atoms with Gasteiger partial charge in [0.1, 0.15) is 5.82 Å². The van der Waals surface area contributed by atoms with E-state index in [9.17, 15) is 9.18 Å². The maximum atomic E-state index is 13.3. The Balaban J connectivity index is 2.34. The molecule has 1 heterocycles. The number of nitrogens with zero attached hydrogens (tertiary/aromatic N) is 1. The van der Waals surface area contributed by atoms with Crippen LogP contribution in [0.1, 0.15) is 38.7 Å². The van der Waals surface area contributed by atoms with Crippen LogP contribution in [0.3, 0.4) is 0 Å². The SMILES string of the molecule is CCC(CC)(CBr)CN1C(=O)CCc2cc(F)ccc21. The molecule has 0 radical (unpaired) electrons. The Hall–Kier alpha value is -0.900. The van der Waals surface area contributed by atoms with Crippen LogP contribution in [0.5, 0.6) is 0 Å². The lowest BCUT2D eigenvalue weighted by molar-refractivity contribution is -0.119. The minimum atomic E-state index is -0.226. The van der Waals surface area contributed by atoms with Crippen LogP contribution in [0.4, 0.5) is 10.1 Å². The maximum absolute atomic E-state index is 13.3. The van der Waals surface area contributed by atoms with Gasteiger partial charge in [0.15, 0.2) is 0 Å². The summed E-state index contributed by atoms with van der Waals surface area (Å²) in [6.45, 7) is 5.01. The summed E-state index contributed by atoms with van der Waals surface area (Å²) in [6, 6.07) is 4.74. The first-order valence-corrected chi connectivity index (χ1v) is 8.32. The molecule has 1 aromatic carbocycles. The van der Waals surface area contributed by atoms with Gasteiger partial charge in [0, 0.05) is 24.0 Å². The summed E-state index contributed by atoms with van der Waals surface area (Å²) in [5.41, 5.74) is 1.91. The number of aryl methyl sites for hydroxylation is 1. The minimum absolute atomic E-state index is 0.0820. The number of amides is 1. The minimum Gasteiger partial charge on any atom is -0.312 e. The lowest BCUT2D eigenvalue weighted by atomic mass is 9.83. The Bertz CT molecular complexity index is 491. The number of halogens is 2. The first-order valence-electron chi connectivity index (χ1n) is 7.20. The molecule has 1 aliphatic heterocycles. The van der Waals surface area contributed by atoms with E-state index >= 15 is 0 Å². The van der Waals surface area contributed by atoms with Crippen LogP contribution in [0.2, 0.25) is 0 Å². The normalized spacial score (nSPS) is 15.4. The zero-order valence-electron chi connectivity index (χ0n) is 12.1. The lowest BCUT2D eigenvalue weighted by Gasteiger charge is -2.38. The highest BCUT2D eigenvalue weighted by Gasteiger charge is 2.33. The van der Waals surface area contributed by atoms with Gasteiger partial charge in [-0.2, -0.15) is 0 Å². The molecule has 2 rings (SSSR count). The molecule has 0 fully saturated rings. The molecule has 1 aliphatic rings. The number of rotatable bonds is 5. The molecule has 1 aromatic rings. The average Bonchev–Trinajstić information content (AvgIpc) is 2.47. The van der Waals surface area contributed by atoms with Crippen LogP contribution in [0.15, 0.2) is 18.2 Å². The molecule has 0 saturated carbocycles. The molecular weight excluding hydrogens is 321 g/mol. The Morgan fingerprint density at radius 2 is 2.00 bits per heavy atom. The quantitative estimate of drug-likeness (QED) is 0.731. The van der Waals surface area contributed by atoms with Gasteiger partial charge in [-0.3, -0.25) is 4.79 Å². The summed E-state index contributed by atoms with van der Waals surface area (Å²) in [5, 5.41) is 0.868. The summed E-state index contributed by atoms with van der Waals surface area (Å²) in [6.07, 6.45) is 3.13. The van der Waals surface area contributed by atoms with E-state index in [1.165, 1.54) is 6.07 Å². The van der Waals surface area contributed by atoms with E-state index in [2.05, 4.69) is 29.8 Å². The molecule has 1 amide bonds. The predicted octanol–water partition coefficient (Wildman–Crippen LogP) is 4.31. The molecule has 0 aromatic heterocycles. The Kier molecular flexibility index (Phi) is 4.84. The number of fused-ring (bicyclic) bond motifs is 1. The average molecular weight is 342 g/mol. The van der Waals surface area contributed by atoms with Crippen molar-refractivity contribution < 1.29 is 9.18 Å². The smallest absolute Gasteiger partial charge is 0.227 e. The largest absolute Gasteiger partial charge is 0.312 e. The van der Waals surface area contributed by atoms with Crippen molar-refractivity contribution in [3.05, 3.63) is 29.6 Å². The summed E-state index contributed by atoms with van der Waals surface area (Å²) < 4.78 is 13.3. The maximum Gasteiger partial charge on any atom is 0.227 e. The lowest BCUT2D eigenvalue weighted by Crippen LogP contribution is -2.44. The van der Waals surface area contributed by atoms with E-state index in [1.807, 2.05) is 4.90 Å². The molecule has 0 unspecified atom stereocenters. The molecule has 0 saturated heterocycles. The molecule has 2 nitrogen and oxygen atoms in total. The number of benzene rings is 1. The number of anilines is 1. The molecule has 4 heteroatoms. The third-order valence-electron chi connectivity index (χ3n) is 4.52. The topological polar surface area (TPSA) is 20.3 Å². The monoisotopic (exact) mass is 341 g/mol. The Labute approximate surface area is 128 Å². The van der Waals surface area contributed by atoms with Gasteiger partial charge in [-0.15, -0.1) is 0 Å². The summed E-state index contributed by atoms with van der Waals surface area (Å²) in [4.78, 5) is 14.1. The molecular formula is C16H21BrFNO. The number of alkyl halides is 1. The van der Waals surface area contributed by atoms with E-state index in [0.29, 0.717) is 19.4 Å². The van der Waals surface area contributed by atoms with Crippen molar-refractivity contribution >= 4 is 27.5 Å². The summed E-state index contributed by atoms with van der Waals surface area (Å²) in [7, 11) is 0. The molecule has 20 heavy (non-hydrogen) atoms. The van der Waals surface area contributed by atoms with Gasteiger partial charge in [0.05, 0.1) is 0 Å². The van der Waals surface area contributed by atoms with Crippen LogP contribution in [0.25, 0.3) is 0 Å². The van der Waals surface area contributed by atoms with Crippen molar-refractivity contribution in [1.82, 2.24) is 0 Å². The fourth-order valence-electron chi connectivity index (χ4n) is 2.74. The molecule has 0 bridgehead atoms. The van der Waals surface area contributed by atoms with Crippen LogP contribution >= 0.6 is 15.9 Å². The van der Waals surface area contributed by atoms with Crippen molar-refractivity contribution in [3.8, 4) is 0 Å². The van der Waals surface area contributed by atoms with Crippen LogP contribution in [0, 0.1) is 11.2 Å². The second-order valence-electron chi connectivity index (χ2n) is 5.59. The summed E-state index contributed by atoms with van der Waals surface area (Å²) >= 11 is 3.59. The fourth-order valence-corrected chi connectivity index (χ4v) is 3.71. The van der Waals surface area contributed by atoms with Crippen molar-refractivity contribution in [1.29, 1.82) is 0 Å². The molecule has 110 valence electrons. The van der Waals surface area contributed by atoms with Crippen LogP contribution in [-0.2, 0) is 11.2 Å². The number of carbonyl (C=O) groups is 1. The fraction of sp³-hybridized carbons (Fsp3) is 0.562. The molecule has 0 spiro atoms. The van der Waals surface area contributed by atoms with E-state index in [-0.39, 0.29) is 17.1 Å². The zero-order chi connectivity index (χ0) is 14.8. The van der Waals surface area contributed by atoms with E-state index in [4.69, 9.17) is 0 Å². The zero-order valence-corrected chi connectivity index (χ0v) is 13.7. The first kappa shape index (κ1) is 15.5. The molecule has 0 aliphatic carbocycles. The highest BCUT2D eigenvalue weighted by Crippen LogP contribution is 2.35. The van der Waals surface area contributed by atoms with E-state index in [1.54, 1.807) is 12.1 Å². The van der Waals surface area contributed by atoms with E-state index < -0.39 is 0 Å². The molecule has 0 atom stereocenters. The van der Waals surface area contributed by atoms with Crippen molar-refractivity contribution in [2.45, 2.75) is 39.5 Å². The van der Waals surface area contributed by atoms with Crippen molar-refractivity contribution in [2.75, 3.05) is 16.8 Å². The Morgan fingerprint density at radius 3 is 2.60 bits per heavy atom. The van der Waals surface area contributed by atoms with Crippen LogP contribution < -0.4 is 4.90 Å². The van der Waals surface area contributed by atoms with Crippen molar-refractivity contribution in [2.24, 2.45) is 5.41 Å². The van der Waals surface area contributed by atoms with Gasteiger partial charge < -0.3 is 4.90 Å². The predicted molar refractivity (Wildman–Crippen MR) is 83.9 cm³/mol. The third kappa shape index (κ3) is 2.90. The third-order valence-corrected chi connectivity index (χ3v) is 5.71. The van der Waals surface area contributed by atoms with Gasteiger partial charge in [0.25, 0.3) is 0 Å². The second kappa shape index (κ2) is 6.25. The number of carbonyl (C=O) groups excluding carboxylic acids is 1. The van der Waals surface area contributed by atoms with Gasteiger partial charge >= 0.3 is 0 Å². The highest BCUT2D eigenvalue weighted by molar-refractivity contribution is 9.09. The first-order chi connectivity index (χ1) is 9.55. The van der Waals surface area contributed by atoms with Gasteiger partial charge in [0.2, 0.25) is 5.91 Å². The molecule has 0 N–H and O–H groups in total. The van der Waals surface area contributed by atoms with Gasteiger partial charge in [-0.1, -0.05) is 29.8 Å². The second-order valence-corrected chi connectivity index (χ2v) is 6.15. The van der Waals surface area contributed by atoms with Crippen molar-refractivity contribution in [3.63, 3.8) is 0 Å². The van der Waals surface area contributed by atoms with Gasteiger partial charge in [-0.25, -0.2) is 4.39 Å². The van der Waals surface area contributed by atoms with Gasteiger partial charge in [-0.05, 0) is 48.4 Å². The van der Waals surface area contributed by atoms with Crippen LogP contribution in [-0.4, -0.2) is 17.8 Å². The highest BCUT2D eigenvalue weighted by atomic mass is 79.9. The Morgan fingerprint density at radius 1 is 1.30 bits per heavy atom. The standard InChI is InChI=1S/C16H21BrFNO/c1-3-16(4-2,10-17)11-19-14-7-6-13(18)9-12(14)5-8-15(19)20/h6-7,9H,3-5,8,10-11H2,1-2H3. The number of hydrogen-bond acceptors (Lipinski definition) is 1.